The topological polar surface area (TPSA) is 45.0 Å². The van der Waals surface area contributed by atoms with Gasteiger partial charge in [-0.25, -0.2) is 0 Å². The lowest BCUT2D eigenvalue weighted by Crippen LogP contribution is -2.29. The molecule has 1 aliphatic rings. The van der Waals surface area contributed by atoms with E-state index in [1.54, 1.807) is 0 Å². The molecule has 0 saturated carbocycles. The lowest BCUT2D eigenvalue weighted by Gasteiger charge is -2.25. The van der Waals surface area contributed by atoms with Crippen molar-refractivity contribution in [2.24, 2.45) is 0 Å². The van der Waals surface area contributed by atoms with Gasteiger partial charge in [0.25, 0.3) is 0 Å². The first kappa shape index (κ1) is 10.7. The molecule has 3 rings (SSSR count). The molecule has 1 aliphatic heterocycles. The van der Waals surface area contributed by atoms with Gasteiger partial charge in [0, 0.05) is 17.6 Å². The fraction of sp³-hybridized carbons (Fsp3) is 0.429. The quantitative estimate of drug-likeness (QED) is 0.778. The first-order valence-corrected chi connectivity index (χ1v) is 6.41. The van der Waals surface area contributed by atoms with E-state index < -0.39 is 0 Å². The minimum Gasteiger partial charge on any atom is -0.397 e. The van der Waals surface area contributed by atoms with Crippen LogP contribution in [0.4, 0.5) is 5.69 Å². The maximum atomic E-state index is 5.96. The van der Waals surface area contributed by atoms with Crippen molar-refractivity contribution in [1.29, 1.82) is 0 Å². The van der Waals surface area contributed by atoms with Crippen LogP contribution in [-0.2, 0) is 6.54 Å². The number of nitrogens with one attached hydrogen (secondary N) is 1. The summed E-state index contributed by atoms with van der Waals surface area (Å²) in [6, 6.07) is 8.29. The van der Waals surface area contributed by atoms with Crippen LogP contribution in [0.25, 0.3) is 10.9 Å². The Morgan fingerprint density at radius 1 is 1.18 bits per heavy atom. The zero-order valence-electron chi connectivity index (χ0n) is 10.1. The van der Waals surface area contributed by atoms with Crippen LogP contribution >= 0.6 is 0 Å². The van der Waals surface area contributed by atoms with Gasteiger partial charge in [0.05, 0.1) is 11.2 Å². The van der Waals surface area contributed by atoms with Gasteiger partial charge in [-0.15, -0.1) is 0 Å². The van der Waals surface area contributed by atoms with Crippen LogP contribution < -0.4 is 5.73 Å². The molecular formula is C14H19N3. The first-order chi connectivity index (χ1) is 8.33. The number of hydrogen-bond donors (Lipinski definition) is 2. The highest BCUT2D eigenvalue weighted by atomic mass is 15.1. The Labute approximate surface area is 102 Å². The number of likely N-dealkylation sites (tertiary alicyclic amines) is 1. The second-order valence-electron chi connectivity index (χ2n) is 4.94. The predicted octanol–water partition coefficient (Wildman–Crippen LogP) is 2.74. The third-order valence-corrected chi connectivity index (χ3v) is 3.59. The summed E-state index contributed by atoms with van der Waals surface area (Å²) in [6.07, 6.45) is 4.06. The molecule has 90 valence electrons. The van der Waals surface area contributed by atoms with E-state index in [0.29, 0.717) is 0 Å². The smallest absolute Gasteiger partial charge is 0.0690 e. The number of aromatic nitrogens is 1. The summed E-state index contributed by atoms with van der Waals surface area (Å²) in [5, 5.41) is 1.22. The molecule has 3 nitrogen and oxygen atoms in total. The predicted molar refractivity (Wildman–Crippen MR) is 71.8 cm³/mol. The molecule has 2 heterocycles. The molecule has 0 atom stereocenters. The van der Waals surface area contributed by atoms with Crippen LogP contribution in [0.3, 0.4) is 0 Å². The van der Waals surface area contributed by atoms with E-state index in [-0.39, 0.29) is 0 Å². The Hall–Kier alpha value is -1.48. The fourth-order valence-electron chi connectivity index (χ4n) is 2.68. The summed E-state index contributed by atoms with van der Waals surface area (Å²) in [5.74, 6) is 0. The van der Waals surface area contributed by atoms with Crippen molar-refractivity contribution in [1.82, 2.24) is 9.88 Å². The number of aromatic amines is 1. The summed E-state index contributed by atoms with van der Waals surface area (Å²) >= 11 is 0. The molecule has 17 heavy (non-hydrogen) atoms. The van der Waals surface area contributed by atoms with Crippen LogP contribution in [0.5, 0.6) is 0 Å². The van der Waals surface area contributed by atoms with Gasteiger partial charge >= 0.3 is 0 Å². The number of nitrogen functional groups attached to an aromatic ring is 1. The number of fused-ring (bicyclic) bond motifs is 1. The van der Waals surface area contributed by atoms with Crippen molar-refractivity contribution in [2.75, 3.05) is 18.8 Å². The van der Waals surface area contributed by atoms with E-state index in [2.05, 4.69) is 22.0 Å². The highest BCUT2D eigenvalue weighted by Crippen LogP contribution is 2.22. The molecule has 2 aromatic rings. The highest BCUT2D eigenvalue weighted by molar-refractivity contribution is 5.90. The third kappa shape index (κ3) is 2.15. The largest absolute Gasteiger partial charge is 0.397 e. The molecule has 0 spiro atoms. The molecule has 0 aliphatic carbocycles. The summed E-state index contributed by atoms with van der Waals surface area (Å²) in [5.41, 5.74) is 9.16. The number of para-hydroxylation sites is 1. The Morgan fingerprint density at radius 2 is 2.00 bits per heavy atom. The number of hydrogen-bond acceptors (Lipinski definition) is 2. The van der Waals surface area contributed by atoms with E-state index in [9.17, 15) is 0 Å². The number of H-pyrrole nitrogens is 1. The summed E-state index contributed by atoms with van der Waals surface area (Å²) in [6.45, 7) is 3.48. The van der Waals surface area contributed by atoms with Gasteiger partial charge in [0.1, 0.15) is 0 Å². The molecule has 0 radical (unpaired) electrons. The van der Waals surface area contributed by atoms with Crippen molar-refractivity contribution in [2.45, 2.75) is 25.8 Å². The Kier molecular flexibility index (Phi) is 2.77. The molecule has 1 aromatic heterocycles. The summed E-state index contributed by atoms with van der Waals surface area (Å²) < 4.78 is 0. The van der Waals surface area contributed by atoms with Gasteiger partial charge < -0.3 is 10.7 Å². The van der Waals surface area contributed by atoms with Crippen LogP contribution in [0.1, 0.15) is 25.0 Å². The molecule has 0 unspecified atom stereocenters. The molecular weight excluding hydrogens is 210 g/mol. The van der Waals surface area contributed by atoms with Gasteiger partial charge in [-0.05, 0) is 38.1 Å². The first-order valence-electron chi connectivity index (χ1n) is 6.41. The molecule has 3 N–H and O–H groups in total. The number of benzene rings is 1. The van der Waals surface area contributed by atoms with Gasteiger partial charge in [-0.3, -0.25) is 4.90 Å². The van der Waals surface area contributed by atoms with Crippen molar-refractivity contribution < 1.29 is 0 Å². The number of piperidine rings is 1. The van der Waals surface area contributed by atoms with E-state index in [4.69, 9.17) is 5.73 Å². The zero-order chi connectivity index (χ0) is 11.7. The minimum absolute atomic E-state index is 0.840. The zero-order valence-corrected chi connectivity index (χ0v) is 10.1. The number of nitrogens with two attached hydrogens (primary N) is 1. The fourth-order valence-corrected chi connectivity index (χ4v) is 2.68. The number of nitrogens with zero attached hydrogens (tertiary/aromatic N) is 1. The van der Waals surface area contributed by atoms with E-state index in [1.165, 1.54) is 43.4 Å². The number of rotatable bonds is 2. The van der Waals surface area contributed by atoms with Crippen molar-refractivity contribution in [3.8, 4) is 0 Å². The standard InChI is InChI=1S/C14H19N3/c15-13-6-4-5-11-9-12(16-14(11)13)10-17-7-2-1-3-8-17/h4-6,9,16H,1-3,7-8,10,15H2. The maximum absolute atomic E-state index is 5.96. The SMILES string of the molecule is Nc1cccc2cc(CN3CCCCC3)[nH]c12. The maximum Gasteiger partial charge on any atom is 0.0690 e. The van der Waals surface area contributed by atoms with E-state index in [0.717, 1.165) is 17.7 Å². The minimum atomic E-state index is 0.840. The second kappa shape index (κ2) is 4.41. The molecule has 1 saturated heterocycles. The number of anilines is 1. The van der Waals surface area contributed by atoms with Crippen LogP contribution in [0.15, 0.2) is 24.3 Å². The summed E-state index contributed by atoms with van der Waals surface area (Å²) in [7, 11) is 0. The van der Waals surface area contributed by atoms with Crippen LogP contribution in [0.2, 0.25) is 0 Å². The van der Waals surface area contributed by atoms with Gasteiger partial charge in [0.15, 0.2) is 0 Å². The molecule has 0 amide bonds. The second-order valence-corrected chi connectivity index (χ2v) is 4.94. The van der Waals surface area contributed by atoms with Gasteiger partial charge in [-0.1, -0.05) is 18.6 Å². The van der Waals surface area contributed by atoms with Crippen LogP contribution in [-0.4, -0.2) is 23.0 Å². The Balaban J connectivity index is 1.83. The summed E-state index contributed by atoms with van der Waals surface area (Å²) in [4.78, 5) is 5.96. The van der Waals surface area contributed by atoms with Crippen molar-refractivity contribution in [3.05, 3.63) is 30.0 Å². The van der Waals surface area contributed by atoms with E-state index in [1.807, 2.05) is 12.1 Å². The third-order valence-electron chi connectivity index (χ3n) is 3.59. The molecule has 3 heteroatoms. The average Bonchev–Trinajstić information content (AvgIpc) is 2.74. The van der Waals surface area contributed by atoms with Crippen molar-refractivity contribution in [3.63, 3.8) is 0 Å². The highest BCUT2D eigenvalue weighted by Gasteiger charge is 2.12. The Bertz CT molecular complexity index is 509. The van der Waals surface area contributed by atoms with Crippen LogP contribution in [0, 0.1) is 0 Å². The average molecular weight is 229 g/mol. The molecule has 0 bridgehead atoms. The van der Waals surface area contributed by atoms with Crippen molar-refractivity contribution >= 4 is 16.6 Å². The normalized spacial score (nSPS) is 17.6. The molecule has 1 aromatic carbocycles. The Morgan fingerprint density at radius 3 is 2.76 bits per heavy atom. The monoisotopic (exact) mass is 229 g/mol. The van der Waals surface area contributed by atoms with Gasteiger partial charge in [-0.2, -0.15) is 0 Å². The lowest BCUT2D eigenvalue weighted by molar-refractivity contribution is 0.219. The lowest BCUT2D eigenvalue weighted by atomic mass is 10.1. The van der Waals surface area contributed by atoms with E-state index >= 15 is 0 Å². The molecule has 1 fully saturated rings. The van der Waals surface area contributed by atoms with Gasteiger partial charge in [0.2, 0.25) is 0 Å².